The van der Waals surface area contributed by atoms with E-state index in [1.54, 1.807) is 0 Å². The van der Waals surface area contributed by atoms with E-state index in [1.165, 1.54) is 0 Å². The summed E-state index contributed by atoms with van der Waals surface area (Å²) in [7, 11) is 0. The van der Waals surface area contributed by atoms with E-state index in [0.717, 1.165) is 70.9 Å². The van der Waals surface area contributed by atoms with Crippen LogP contribution in [0, 0.1) is 0 Å². The third kappa shape index (κ3) is 3.50. The standard InChI is InChI=1S/C16H27N5O/c1-2-7-20-11-6-18-15(20)13-19-10-5-17-14(12-19)16(22)21-8-3-4-9-21/h6,11,14,17H,2-5,7-10,12-13H2,1H3/t14-/m1/s1. The molecule has 0 radical (unpaired) electrons. The lowest BCUT2D eigenvalue weighted by Gasteiger charge is -2.34. The van der Waals surface area contributed by atoms with Crippen LogP contribution in [0.15, 0.2) is 12.4 Å². The first-order valence-corrected chi connectivity index (χ1v) is 8.52. The van der Waals surface area contributed by atoms with Gasteiger partial charge < -0.3 is 14.8 Å². The van der Waals surface area contributed by atoms with Gasteiger partial charge >= 0.3 is 0 Å². The number of hydrogen-bond acceptors (Lipinski definition) is 4. The first-order valence-electron chi connectivity index (χ1n) is 8.52. The molecule has 1 amide bonds. The van der Waals surface area contributed by atoms with Crippen LogP contribution < -0.4 is 5.32 Å². The first-order chi connectivity index (χ1) is 10.8. The van der Waals surface area contributed by atoms with E-state index in [1.807, 2.05) is 17.3 Å². The molecule has 2 aliphatic heterocycles. The van der Waals surface area contributed by atoms with Crippen LogP contribution in [-0.2, 0) is 17.9 Å². The highest BCUT2D eigenvalue weighted by atomic mass is 16.2. The summed E-state index contributed by atoms with van der Waals surface area (Å²) in [6, 6.07) is -0.0542. The predicted molar refractivity (Wildman–Crippen MR) is 85.4 cm³/mol. The maximum atomic E-state index is 12.5. The van der Waals surface area contributed by atoms with Crippen molar-refractivity contribution in [2.45, 2.75) is 45.3 Å². The van der Waals surface area contributed by atoms with Crippen molar-refractivity contribution in [3.63, 3.8) is 0 Å². The topological polar surface area (TPSA) is 53.4 Å². The maximum Gasteiger partial charge on any atom is 0.241 e. The van der Waals surface area contributed by atoms with Gasteiger partial charge in [-0.15, -0.1) is 0 Å². The molecule has 0 unspecified atom stereocenters. The summed E-state index contributed by atoms with van der Waals surface area (Å²) >= 11 is 0. The molecule has 122 valence electrons. The number of nitrogens with zero attached hydrogens (tertiary/aromatic N) is 4. The Kier molecular flexibility index (Phi) is 5.10. The van der Waals surface area contributed by atoms with E-state index in [2.05, 4.69) is 26.7 Å². The second kappa shape index (κ2) is 7.24. The van der Waals surface area contributed by atoms with Crippen LogP contribution in [0.3, 0.4) is 0 Å². The van der Waals surface area contributed by atoms with Crippen molar-refractivity contribution < 1.29 is 4.79 Å². The van der Waals surface area contributed by atoms with Crippen molar-refractivity contribution in [2.75, 3.05) is 32.7 Å². The molecule has 0 bridgehead atoms. The molecule has 0 saturated carbocycles. The predicted octanol–water partition coefficient (Wildman–Crippen LogP) is 0.689. The lowest BCUT2D eigenvalue weighted by atomic mass is 10.2. The molecule has 0 aromatic carbocycles. The molecule has 22 heavy (non-hydrogen) atoms. The Morgan fingerprint density at radius 2 is 2.18 bits per heavy atom. The van der Waals surface area contributed by atoms with Gasteiger partial charge in [-0.3, -0.25) is 9.69 Å². The van der Waals surface area contributed by atoms with E-state index >= 15 is 0 Å². The third-order valence-electron chi connectivity index (χ3n) is 4.61. The smallest absolute Gasteiger partial charge is 0.241 e. The van der Waals surface area contributed by atoms with Crippen LogP contribution in [0.1, 0.15) is 32.0 Å². The zero-order chi connectivity index (χ0) is 15.4. The van der Waals surface area contributed by atoms with Gasteiger partial charge in [0.1, 0.15) is 5.82 Å². The average Bonchev–Trinajstić information content (AvgIpc) is 3.20. The molecule has 0 spiro atoms. The van der Waals surface area contributed by atoms with Crippen LogP contribution in [0.4, 0.5) is 0 Å². The van der Waals surface area contributed by atoms with Crippen molar-refractivity contribution in [2.24, 2.45) is 0 Å². The summed E-state index contributed by atoms with van der Waals surface area (Å²) < 4.78 is 2.22. The van der Waals surface area contributed by atoms with Crippen molar-refractivity contribution in [3.8, 4) is 0 Å². The number of imidazole rings is 1. The summed E-state index contributed by atoms with van der Waals surface area (Å²) in [5.74, 6) is 1.38. The highest BCUT2D eigenvalue weighted by Gasteiger charge is 2.30. The molecule has 2 fully saturated rings. The molecular formula is C16H27N5O. The van der Waals surface area contributed by atoms with Crippen LogP contribution >= 0.6 is 0 Å². The van der Waals surface area contributed by atoms with E-state index in [-0.39, 0.29) is 11.9 Å². The van der Waals surface area contributed by atoms with E-state index in [4.69, 9.17) is 0 Å². The molecular weight excluding hydrogens is 278 g/mol. The normalized spacial score (nSPS) is 23.1. The molecule has 2 saturated heterocycles. The van der Waals surface area contributed by atoms with Crippen molar-refractivity contribution in [1.29, 1.82) is 0 Å². The molecule has 6 heteroatoms. The fraction of sp³-hybridized carbons (Fsp3) is 0.750. The lowest BCUT2D eigenvalue weighted by molar-refractivity contribution is -0.133. The fourth-order valence-electron chi connectivity index (χ4n) is 3.41. The zero-order valence-corrected chi connectivity index (χ0v) is 13.5. The Hall–Kier alpha value is -1.40. The quantitative estimate of drug-likeness (QED) is 0.869. The summed E-state index contributed by atoms with van der Waals surface area (Å²) in [4.78, 5) is 21.4. The van der Waals surface area contributed by atoms with Gasteiger partial charge in [0, 0.05) is 51.7 Å². The minimum Gasteiger partial charge on any atom is -0.341 e. The van der Waals surface area contributed by atoms with Gasteiger partial charge in [-0.25, -0.2) is 4.98 Å². The molecule has 3 rings (SSSR count). The largest absolute Gasteiger partial charge is 0.341 e. The molecule has 0 aliphatic carbocycles. The molecule has 1 aromatic heterocycles. The number of rotatable bonds is 5. The summed E-state index contributed by atoms with van der Waals surface area (Å²) in [6.07, 6.45) is 7.34. The average molecular weight is 305 g/mol. The van der Waals surface area contributed by atoms with Crippen molar-refractivity contribution in [3.05, 3.63) is 18.2 Å². The highest BCUT2D eigenvalue weighted by Crippen LogP contribution is 2.13. The van der Waals surface area contributed by atoms with E-state index in [9.17, 15) is 4.79 Å². The van der Waals surface area contributed by atoms with Crippen molar-refractivity contribution in [1.82, 2.24) is 24.7 Å². The number of hydrogen-bond donors (Lipinski definition) is 1. The van der Waals surface area contributed by atoms with Gasteiger partial charge in [-0.1, -0.05) is 6.92 Å². The van der Waals surface area contributed by atoms with Gasteiger partial charge in [0.25, 0.3) is 0 Å². The second-order valence-electron chi connectivity index (χ2n) is 6.31. The van der Waals surface area contributed by atoms with Gasteiger partial charge in [-0.2, -0.15) is 0 Å². The summed E-state index contributed by atoms with van der Waals surface area (Å²) in [5.41, 5.74) is 0. The van der Waals surface area contributed by atoms with Gasteiger partial charge in [0.05, 0.1) is 12.6 Å². The maximum absolute atomic E-state index is 12.5. The summed E-state index contributed by atoms with van der Waals surface area (Å²) in [6.45, 7) is 8.51. The number of aryl methyl sites for hydroxylation is 1. The van der Waals surface area contributed by atoms with Gasteiger partial charge in [-0.05, 0) is 19.3 Å². The Labute approximate surface area is 132 Å². The van der Waals surface area contributed by atoms with Crippen LogP contribution in [-0.4, -0.2) is 64.0 Å². The van der Waals surface area contributed by atoms with Gasteiger partial charge in [0.15, 0.2) is 0 Å². The number of nitrogens with one attached hydrogen (secondary N) is 1. The van der Waals surface area contributed by atoms with Crippen LogP contribution in [0.5, 0.6) is 0 Å². The number of piperazine rings is 1. The Morgan fingerprint density at radius 1 is 1.36 bits per heavy atom. The Morgan fingerprint density at radius 3 is 2.95 bits per heavy atom. The minimum absolute atomic E-state index is 0.0542. The third-order valence-corrected chi connectivity index (χ3v) is 4.61. The molecule has 1 atom stereocenters. The molecule has 2 aliphatic rings. The minimum atomic E-state index is -0.0542. The summed E-state index contributed by atoms with van der Waals surface area (Å²) in [5, 5.41) is 3.39. The molecule has 3 heterocycles. The molecule has 1 N–H and O–H groups in total. The van der Waals surface area contributed by atoms with E-state index < -0.39 is 0 Å². The number of aromatic nitrogens is 2. The fourth-order valence-corrected chi connectivity index (χ4v) is 3.41. The number of likely N-dealkylation sites (tertiary alicyclic amines) is 1. The highest BCUT2D eigenvalue weighted by molar-refractivity contribution is 5.82. The lowest BCUT2D eigenvalue weighted by Crippen LogP contribution is -2.57. The molecule has 6 nitrogen and oxygen atoms in total. The van der Waals surface area contributed by atoms with Crippen molar-refractivity contribution >= 4 is 5.91 Å². The number of carbonyl (C=O) groups excluding carboxylic acids is 1. The van der Waals surface area contributed by atoms with E-state index in [0.29, 0.717) is 0 Å². The first kappa shape index (κ1) is 15.5. The monoisotopic (exact) mass is 305 g/mol. The second-order valence-corrected chi connectivity index (χ2v) is 6.31. The Balaban J connectivity index is 1.58. The van der Waals surface area contributed by atoms with Crippen LogP contribution in [0.2, 0.25) is 0 Å². The zero-order valence-electron chi connectivity index (χ0n) is 13.5. The number of carbonyl (C=O) groups is 1. The number of amides is 1. The van der Waals surface area contributed by atoms with Crippen LogP contribution in [0.25, 0.3) is 0 Å². The van der Waals surface area contributed by atoms with Gasteiger partial charge in [0.2, 0.25) is 5.91 Å². The molecule has 1 aromatic rings. The Bertz CT molecular complexity index is 494. The SMILES string of the molecule is CCCn1ccnc1CN1CCN[C@@H](C(=O)N2CCCC2)C1.